The van der Waals surface area contributed by atoms with E-state index in [1.165, 1.54) is 6.07 Å². The fourth-order valence-electron chi connectivity index (χ4n) is 1.55. The minimum Gasteiger partial charge on any atom is -1.00 e. The van der Waals surface area contributed by atoms with E-state index >= 15 is 0 Å². The molecule has 0 unspecified atom stereocenters. The van der Waals surface area contributed by atoms with E-state index in [4.69, 9.17) is 11.5 Å². The van der Waals surface area contributed by atoms with Gasteiger partial charge in [-0.25, -0.2) is 4.39 Å². The highest BCUT2D eigenvalue weighted by Crippen LogP contribution is 2.22. The van der Waals surface area contributed by atoms with Crippen molar-refractivity contribution in [3.63, 3.8) is 0 Å². The predicted molar refractivity (Wildman–Crippen MR) is 53.9 cm³/mol. The van der Waals surface area contributed by atoms with Gasteiger partial charge in [-0.1, -0.05) is 0 Å². The van der Waals surface area contributed by atoms with Gasteiger partial charge < -0.3 is 23.9 Å². The molecule has 15 heavy (non-hydrogen) atoms. The van der Waals surface area contributed by atoms with Crippen LogP contribution in [0.3, 0.4) is 0 Å². The van der Waals surface area contributed by atoms with Gasteiger partial charge in [-0.2, -0.15) is 4.57 Å². The van der Waals surface area contributed by atoms with Gasteiger partial charge in [-0.05, 0) is 12.1 Å². The van der Waals surface area contributed by atoms with Crippen LogP contribution < -0.4 is 28.4 Å². The number of hydrogen-bond donors (Lipinski definition) is 2. The zero-order chi connectivity index (χ0) is 10.3. The van der Waals surface area contributed by atoms with Crippen molar-refractivity contribution in [2.45, 2.75) is 0 Å². The smallest absolute Gasteiger partial charge is 0.214 e. The summed E-state index contributed by atoms with van der Waals surface area (Å²) < 4.78 is 15.0. The SMILES string of the molecule is C[n+]1cc(N)cc2c(N)c(F)ccc21.[Cl-]. The lowest BCUT2D eigenvalue weighted by Gasteiger charge is -2.02. The molecule has 1 heterocycles. The summed E-state index contributed by atoms with van der Waals surface area (Å²) in [5.41, 5.74) is 12.8. The topological polar surface area (TPSA) is 55.9 Å². The van der Waals surface area contributed by atoms with Crippen LogP contribution in [-0.4, -0.2) is 0 Å². The van der Waals surface area contributed by atoms with Crippen molar-refractivity contribution in [2.75, 3.05) is 11.5 Å². The summed E-state index contributed by atoms with van der Waals surface area (Å²) in [5, 5.41) is 0.646. The molecule has 2 rings (SSSR count). The zero-order valence-corrected chi connectivity index (χ0v) is 8.92. The molecule has 0 aliphatic rings. The van der Waals surface area contributed by atoms with Crippen molar-refractivity contribution in [1.29, 1.82) is 0 Å². The van der Waals surface area contributed by atoms with E-state index in [-0.39, 0.29) is 18.1 Å². The highest BCUT2D eigenvalue weighted by molar-refractivity contribution is 5.90. The van der Waals surface area contributed by atoms with E-state index in [2.05, 4.69) is 0 Å². The zero-order valence-electron chi connectivity index (χ0n) is 8.17. The summed E-state index contributed by atoms with van der Waals surface area (Å²) in [7, 11) is 1.84. The molecule has 1 aromatic carbocycles. The van der Waals surface area contributed by atoms with E-state index in [9.17, 15) is 4.39 Å². The molecule has 0 atom stereocenters. The Labute approximate surface area is 92.9 Å². The second kappa shape index (κ2) is 3.90. The number of anilines is 2. The molecule has 0 aliphatic heterocycles. The van der Waals surface area contributed by atoms with Crippen molar-refractivity contribution in [1.82, 2.24) is 0 Å². The van der Waals surface area contributed by atoms with Crippen LogP contribution in [0.5, 0.6) is 0 Å². The number of nitrogen functional groups attached to an aromatic ring is 2. The Kier molecular flexibility index (Phi) is 3.00. The van der Waals surface area contributed by atoms with Crippen LogP contribution in [0.15, 0.2) is 24.4 Å². The molecular formula is C10H11ClFN3. The molecule has 0 spiro atoms. The van der Waals surface area contributed by atoms with Gasteiger partial charge in [0.15, 0.2) is 6.20 Å². The normalized spacial score (nSPS) is 10.0. The van der Waals surface area contributed by atoms with Crippen LogP contribution in [0, 0.1) is 5.82 Å². The molecule has 0 aliphatic carbocycles. The number of rotatable bonds is 0. The van der Waals surface area contributed by atoms with Crippen LogP contribution in [0.1, 0.15) is 0 Å². The third-order valence-electron chi connectivity index (χ3n) is 2.24. The molecule has 3 nitrogen and oxygen atoms in total. The third kappa shape index (κ3) is 1.80. The minimum absolute atomic E-state index is 0. The quantitative estimate of drug-likeness (QED) is 0.403. The van der Waals surface area contributed by atoms with E-state index in [1.54, 1.807) is 18.3 Å². The fraction of sp³-hybridized carbons (Fsp3) is 0.100. The van der Waals surface area contributed by atoms with Gasteiger partial charge >= 0.3 is 0 Å². The Morgan fingerprint density at radius 3 is 2.60 bits per heavy atom. The number of aromatic nitrogens is 1. The van der Waals surface area contributed by atoms with E-state index < -0.39 is 5.82 Å². The Morgan fingerprint density at radius 1 is 1.27 bits per heavy atom. The van der Waals surface area contributed by atoms with Crippen LogP contribution in [0.25, 0.3) is 10.9 Å². The summed E-state index contributed by atoms with van der Waals surface area (Å²) in [6.45, 7) is 0. The molecule has 2 aromatic rings. The van der Waals surface area contributed by atoms with Gasteiger partial charge in [-0.15, -0.1) is 0 Å². The molecule has 0 saturated carbocycles. The first-order valence-corrected chi connectivity index (χ1v) is 4.22. The van der Waals surface area contributed by atoms with Gasteiger partial charge in [0.05, 0.1) is 16.8 Å². The van der Waals surface area contributed by atoms with Gasteiger partial charge in [0, 0.05) is 6.07 Å². The molecule has 4 N–H and O–H groups in total. The second-order valence-electron chi connectivity index (χ2n) is 3.28. The molecule has 0 amide bonds. The van der Waals surface area contributed by atoms with Crippen LogP contribution in [0.2, 0.25) is 0 Å². The Morgan fingerprint density at radius 2 is 1.93 bits per heavy atom. The van der Waals surface area contributed by atoms with E-state index in [1.807, 2.05) is 11.6 Å². The second-order valence-corrected chi connectivity index (χ2v) is 3.28. The minimum atomic E-state index is -0.414. The molecule has 0 bridgehead atoms. The van der Waals surface area contributed by atoms with E-state index in [0.29, 0.717) is 11.1 Å². The third-order valence-corrected chi connectivity index (χ3v) is 2.24. The van der Waals surface area contributed by atoms with Crippen LogP contribution in [0.4, 0.5) is 15.8 Å². The maximum Gasteiger partial charge on any atom is 0.214 e. The predicted octanol–water partition coefficient (Wildman–Crippen LogP) is -2.03. The van der Waals surface area contributed by atoms with Gasteiger partial charge in [-0.3, -0.25) is 0 Å². The summed E-state index contributed by atoms with van der Waals surface area (Å²) >= 11 is 0. The average Bonchev–Trinajstić information content (AvgIpc) is 2.12. The summed E-state index contributed by atoms with van der Waals surface area (Å²) in [6.07, 6.45) is 1.76. The highest BCUT2D eigenvalue weighted by atomic mass is 35.5. The monoisotopic (exact) mass is 227 g/mol. The molecular weight excluding hydrogens is 217 g/mol. The Bertz CT molecular complexity index is 513. The highest BCUT2D eigenvalue weighted by Gasteiger charge is 2.11. The van der Waals surface area contributed by atoms with E-state index in [0.717, 1.165) is 5.52 Å². The number of nitrogens with zero attached hydrogens (tertiary/aromatic N) is 1. The largest absolute Gasteiger partial charge is 1.00 e. The molecule has 0 radical (unpaired) electrons. The first kappa shape index (κ1) is 11.5. The number of nitrogens with two attached hydrogens (primary N) is 2. The van der Waals surface area contributed by atoms with Crippen LogP contribution in [-0.2, 0) is 7.05 Å². The number of fused-ring (bicyclic) bond motifs is 1. The average molecular weight is 228 g/mol. The van der Waals surface area contributed by atoms with Crippen molar-refractivity contribution in [3.8, 4) is 0 Å². The Balaban J connectivity index is 0.00000112. The lowest BCUT2D eigenvalue weighted by atomic mass is 10.1. The maximum atomic E-state index is 13.1. The number of aryl methyl sites for hydroxylation is 1. The molecule has 0 saturated heterocycles. The van der Waals surface area contributed by atoms with Crippen LogP contribution >= 0.6 is 0 Å². The molecule has 1 aromatic heterocycles. The fourth-order valence-corrected chi connectivity index (χ4v) is 1.55. The van der Waals surface area contributed by atoms with Crippen molar-refractivity contribution in [2.24, 2.45) is 7.05 Å². The Hall–Kier alpha value is -1.55. The van der Waals surface area contributed by atoms with Gasteiger partial charge in [0.1, 0.15) is 12.9 Å². The van der Waals surface area contributed by atoms with Gasteiger partial charge in [0.2, 0.25) is 5.52 Å². The van der Waals surface area contributed by atoms with Crippen molar-refractivity contribution >= 4 is 22.3 Å². The summed E-state index contributed by atoms with van der Waals surface area (Å²) in [4.78, 5) is 0. The molecule has 5 heteroatoms. The maximum absolute atomic E-state index is 13.1. The number of halogens is 2. The lowest BCUT2D eigenvalue weighted by molar-refractivity contribution is -0.644. The number of pyridine rings is 1. The first-order valence-electron chi connectivity index (χ1n) is 4.22. The number of benzene rings is 1. The molecule has 80 valence electrons. The lowest BCUT2D eigenvalue weighted by Crippen LogP contribution is -3.00. The standard InChI is InChI=1S/C10H10FN3.ClH/c1-14-5-6(12)4-7-9(14)3-2-8(11)10(7)13;/h2-5,13H,12H2,1H3;1H. The summed E-state index contributed by atoms with van der Waals surface area (Å²) in [6, 6.07) is 4.71. The van der Waals surface area contributed by atoms with Gasteiger partial charge in [0.25, 0.3) is 0 Å². The first-order chi connectivity index (χ1) is 6.59. The van der Waals surface area contributed by atoms with Crippen molar-refractivity contribution < 1.29 is 21.4 Å². The van der Waals surface area contributed by atoms with Crippen molar-refractivity contribution in [3.05, 3.63) is 30.2 Å². The summed E-state index contributed by atoms with van der Waals surface area (Å²) in [5.74, 6) is -0.414. The number of hydrogen-bond acceptors (Lipinski definition) is 2. The molecule has 0 fully saturated rings.